The second-order valence-electron chi connectivity index (χ2n) is 6.38. The van der Waals surface area contributed by atoms with Gasteiger partial charge >= 0.3 is 0 Å². The van der Waals surface area contributed by atoms with Gasteiger partial charge in [0.05, 0.1) is 4.90 Å². The Morgan fingerprint density at radius 1 is 1.20 bits per heavy atom. The van der Waals surface area contributed by atoms with E-state index in [1.54, 1.807) is 23.9 Å². The van der Waals surface area contributed by atoms with E-state index in [0.29, 0.717) is 30.8 Å². The third-order valence-electron chi connectivity index (χ3n) is 4.85. The molecule has 0 atom stereocenters. The number of sulfonamides is 1. The van der Waals surface area contributed by atoms with E-state index in [1.165, 1.54) is 4.31 Å². The zero-order valence-corrected chi connectivity index (χ0v) is 16.8. The van der Waals surface area contributed by atoms with Gasteiger partial charge in [-0.15, -0.1) is 11.8 Å². The molecule has 1 heterocycles. The van der Waals surface area contributed by atoms with Crippen LogP contribution in [-0.2, 0) is 14.8 Å². The number of carbonyl (C=O) groups excluding carboxylic acids is 1. The Bertz CT molecular complexity index is 662. The van der Waals surface area contributed by atoms with Crippen molar-refractivity contribution in [1.82, 2.24) is 9.62 Å². The highest BCUT2D eigenvalue weighted by atomic mass is 32.2. The molecule has 7 heteroatoms. The van der Waals surface area contributed by atoms with Gasteiger partial charge in [-0.2, -0.15) is 4.31 Å². The van der Waals surface area contributed by atoms with Gasteiger partial charge < -0.3 is 5.32 Å². The molecule has 2 rings (SSSR count). The van der Waals surface area contributed by atoms with Crippen molar-refractivity contribution < 1.29 is 13.2 Å². The van der Waals surface area contributed by atoms with E-state index in [2.05, 4.69) is 19.2 Å². The average molecular weight is 385 g/mol. The maximum Gasteiger partial charge on any atom is 0.243 e. The highest BCUT2D eigenvalue weighted by molar-refractivity contribution is 7.98. The van der Waals surface area contributed by atoms with Crippen LogP contribution in [0.2, 0.25) is 0 Å². The summed E-state index contributed by atoms with van der Waals surface area (Å²) in [6, 6.07) is 7.19. The van der Waals surface area contributed by atoms with E-state index in [9.17, 15) is 13.2 Å². The fourth-order valence-electron chi connectivity index (χ4n) is 3.07. The number of nitrogens with zero attached hydrogens (tertiary/aromatic N) is 1. The summed E-state index contributed by atoms with van der Waals surface area (Å²) in [6.07, 6.45) is 4.95. The van der Waals surface area contributed by atoms with Crippen molar-refractivity contribution in [2.75, 3.05) is 19.3 Å². The van der Waals surface area contributed by atoms with Crippen LogP contribution < -0.4 is 5.32 Å². The van der Waals surface area contributed by atoms with Crippen LogP contribution in [0.5, 0.6) is 0 Å². The molecule has 0 saturated carbocycles. The third kappa shape index (κ3) is 4.99. The maximum atomic E-state index is 12.8. The third-order valence-corrected chi connectivity index (χ3v) is 7.51. The molecule has 1 aliphatic heterocycles. The van der Waals surface area contributed by atoms with E-state index < -0.39 is 10.0 Å². The van der Waals surface area contributed by atoms with Crippen LogP contribution in [-0.4, -0.2) is 44.0 Å². The molecule has 0 spiro atoms. The Balaban J connectivity index is 1.97. The molecule has 5 nitrogen and oxygen atoms in total. The maximum absolute atomic E-state index is 12.8. The largest absolute Gasteiger partial charge is 0.353 e. The first kappa shape index (κ1) is 20.3. The molecular weight excluding hydrogens is 356 g/mol. The number of hydrogen-bond donors (Lipinski definition) is 1. The van der Waals surface area contributed by atoms with Crippen molar-refractivity contribution in [3.63, 3.8) is 0 Å². The van der Waals surface area contributed by atoms with Gasteiger partial charge in [0.2, 0.25) is 15.9 Å². The molecule has 1 N–H and O–H groups in total. The van der Waals surface area contributed by atoms with E-state index in [0.717, 1.165) is 17.7 Å². The van der Waals surface area contributed by atoms with Gasteiger partial charge in [0.15, 0.2) is 0 Å². The lowest BCUT2D eigenvalue weighted by atomic mass is 9.96. The molecular formula is C18H28N2O3S2. The summed E-state index contributed by atoms with van der Waals surface area (Å²) < 4.78 is 27.0. The van der Waals surface area contributed by atoms with Crippen molar-refractivity contribution in [3.8, 4) is 0 Å². The van der Waals surface area contributed by atoms with Crippen molar-refractivity contribution in [1.29, 1.82) is 0 Å². The van der Waals surface area contributed by atoms with E-state index in [-0.39, 0.29) is 17.9 Å². The van der Waals surface area contributed by atoms with Gasteiger partial charge in [-0.1, -0.05) is 13.8 Å². The van der Waals surface area contributed by atoms with Crippen molar-refractivity contribution in [2.24, 2.45) is 5.92 Å². The lowest BCUT2D eigenvalue weighted by Crippen LogP contribution is -2.45. The molecule has 1 saturated heterocycles. The lowest BCUT2D eigenvalue weighted by molar-refractivity contribution is -0.126. The number of amides is 1. The van der Waals surface area contributed by atoms with Gasteiger partial charge in [0.1, 0.15) is 0 Å². The number of hydrogen-bond acceptors (Lipinski definition) is 4. The van der Waals surface area contributed by atoms with Gasteiger partial charge in [-0.25, -0.2) is 8.42 Å². The zero-order chi connectivity index (χ0) is 18.4. The number of rotatable bonds is 7. The summed E-state index contributed by atoms with van der Waals surface area (Å²) in [5.74, 6) is -0.0269. The number of piperidine rings is 1. The first-order valence-electron chi connectivity index (χ1n) is 8.86. The van der Waals surface area contributed by atoms with E-state index in [4.69, 9.17) is 0 Å². The fraction of sp³-hybridized carbons (Fsp3) is 0.611. The smallest absolute Gasteiger partial charge is 0.243 e. The van der Waals surface area contributed by atoms with Crippen LogP contribution in [0.4, 0.5) is 0 Å². The zero-order valence-electron chi connectivity index (χ0n) is 15.2. The monoisotopic (exact) mass is 384 g/mol. The second kappa shape index (κ2) is 9.05. The minimum atomic E-state index is -3.48. The van der Waals surface area contributed by atoms with Gasteiger partial charge in [-0.05, 0) is 56.2 Å². The topological polar surface area (TPSA) is 66.5 Å². The fourth-order valence-corrected chi connectivity index (χ4v) is 4.94. The molecule has 1 aromatic carbocycles. The summed E-state index contributed by atoms with van der Waals surface area (Å²) in [4.78, 5) is 13.7. The Kier molecular flexibility index (Phi) is 7.34. The first-order valence-corrected chi connectivity index (χ1v) is 11.5. The van der Waals surface area contributed by atoms with Gasteiger partial charge in [-0.3, -0.25) is 4.79 Å². The second-order valence-corrected chi connectivity index (χ2v) is 9.19. The minimum absolute atomic E-state index is 0.0649. The first-order chi connectivity index (χ1) is 11.9. The molecule has 25 heavy (non-hydrogen) atoms. The standard InChI is InChI=1S/C18H28N2O3S2/c1-4-15(5-2)19-18(21)14-10-12-20(13-11-14)25(22,23)17-8-6-16(24-3)7-9-17/h6-9,14-15H,4-5,10-13H2,1-3H3,(H,19,21). The van der Waals surface area contributed by atoms with Crippen LogP contribution >= 0.6 is 11.8 Å². The van der Waals surface area contributed by atoms with Crippen molar-refractivity contribution in [2.45, 2.75) is 55.4 Å². The van der Waals surface area contributed by atoms with Crippen molar-refractivity contribution in [3.05, 3.63) is 24.3 Å². The molecule has 1 fully saturated rings. The minimum Gasteiger partial charge on any atom is -0.353 e. The molecule has 0 aliphatic carbocycles. The SMILES string of the molecule is CCC(CC)NC(=O)C1CCN(S(=O)(=O)c2ccc(SC)cc2)CC1. The van der Waals surface area contributed by atoms with Gasteiger partial charge in [0, 0.05) is 29.9 Å². The number of carbonyl (C=O) groups is 1. The number of thioether (sulfide) groups is 1. The predicted octanol–water partition coefficient (Wildman–Crippen LogP) is 3.11. The van der Waals surface area contributed by atoms with E-state index >= 15 is 0 Å². The predicted molar refractivity (Wildman–Crippen MR) is 102 cm³/mol. The quantitative estimate of drug-likeness (QED) is 0.734. The Morgan fingerprint density at radius 3 is 2.24 bits per heavy atom. The van der Waals surface area contributed by atoms with Crippen LogP contribution in [0, 0.1) is 5.92 Å². The molecule has 0 bridgehead atoms. The molecule has 0 unspecified atom stereocenters. The summed E-state index contributed by atoms with van der Waals surface area (Å²) in [7, 11) is -3.48. The highest BCUT2D eigenvalue weighted by Crippen LogP contribution is 2.25. The average Bonchev–Trinajstić information content (AvgIpc) is 2.66. The Labute approximate surface area is 155 Å². The van der Waals surface area contributed by atoms with Crippen LogP contribution in [0.1, 0.15) is 39.5 Å². The summed E-state index contributed by atoms with van der Waals surface area (Å²) in [5.41, 5.74) is 0. The van der Waals surface area contributed by atoms with Crippen LogP contribution in [0.3, 0.4) is 0 Å². The number of nitrogens with one attached hydrogen (secondary N) is 1. The Morgan fingerprint density at radius 2 is 1.76 bits per heavy atom. The van der Waals surface area contributed by atoms with E-state index in [1.807, 2.05) is 18.4 Å². The Hall–Kier alpha value is -1.05. The highest BCUT2D eigenvalue weighted by Gasteiger charge is 2.32. The molecule has 1 aliphatic rings. The normalized spacial score (nSPS) is 17.0. The van der Waals surface area contributed by atoms with Crippen LogP contribution in [0.15, 0.2) is 34.1 Å². The summed E-state index contributed by atoms with van der Waals surface area (Å²) in [5, 5.41) is 3.07. The van der Waals surface area contributed by atoms with Crippen molar-refractivity contribution >= 4 is 27.7 Å². The summed E-state index contributed by atoms with van der Waals surface area (Å²) >= 11 is 1.58. The molecule has 1 amide bonds. The lowest BCUT2D eigenvalue weighted by Gasteiger charge is -2.31. The molecule has 0 radical (unpaired) electrons. The number of benzene rings is 1. The summed E-state index contributed by atoms with van der Waals surface area (Å²) in [6.45, 7) is 4.92. The van der Waals surface area contributed by atoms with Gasteiger partial charge in [0.25, 0.3) is 0 Å². The van der Waals surface area contributed by atoms with Crippen LogP contribution in [0.25, 0.3) is 0 Å². The molecule has 140 valence electrons. The molecule has 1 aromatic rings. The molecule has 0 aromatic heterocycles.